The molecule has 4 bridgehead atoms. The second-order valence-corrected chi connectivity index (χ2v) is 7.90. The lowest BCUT2D eigenvalue weighted by atomic mass is 9.50. The highest BCUT2D eigenvalue weighted by Crippen LogP contribution is 2.60. The summed E-state index contributed by atoms with van der Waals surface area (Å²) >= 11 is 0. The lowest BCUT2D eigenvalue weighted by Crippen LogP contribution is -2.49. The summed E-state index contributed by atoms with van der Waals surface area (Å²) < 4.78 is 5.96. The second-order valence-electron chi connectivity index (χ2n) is 7.90. The second kappa shape index (κ2) is 3.96. The summed E-state index contributed by atoms with van der Waals surface area (Å²) in [5.41, 5.74) is 6.35. The molecule has 4 fully saturated rings. The van der Waals surface area contributed by atoms with Crippen LogP contribution in [0.4, 0.5) is 0 Å². The van der Waals surface area contributed by atoms with Crippen LogP contribution in [-0.4, -0.2) is 18.8 Å². The van der Waals surface area contributed by atoms with E-state index in [-0.39, 0.29) is 5.54 Å². The van der Waals surface area contributed by atoms with E-state index in [2.05, 4.69) is 0 Å². The highest BCUT2D eigenvalue weighted by atomic mass is 16.5. The van der Waals surface area contributed by atoms with Crippen LogP contribution in [0.1, 0.15) is 52.4 Å². The monoisotopic (exact) mass is 237 g/mol. The Bertz CT molecular complexity index is 257. The summed E-state index contributed by atoms with van der Waals surface area (Å²) in [5, 5.41) is 0. The zero-order valence-corrected chi connectivity index (χ0v) is 11.4. The average molecular weight is 237 g/mol. The van der Waals surface area contributed by atoms with Crippen LogP contribution in [0.2, 0.25) is 0 Å². The minimum Gasteiger partial charge on any atom is -0.379 e. The third-order valence-corrected chi connectivity index (χ3v) is 5.05. The van der Waals surface area contributed by atoms with Gasteiger partial charge >= 0.3 is 0 Å². The molecule has 0 atom stereocenters. The van der Waals surface area contributed by atoms with Crippen molar-refractivity contribution in [2.24, 2.45) is 28.9 Å². The first kappa shape index (κ1) is 12.0. The SMILES string of the molecule is CC(C)(N)COCC12CC3CC(CC(C3)C1)C2. The summed E-state index contributed by atoms with van der Waals surface area (Å²) in [7, 11) is 0. The van der Waals surface area contributed by atoms with Gasteiger partial charge in [-0.25, -0.2) is 0 Å². The number of hydrogen-bond donors (Lipinski definition) is 1. The van der Waals surface area contributed by atoms with Gasteiger partial charge < -0.3 is 10.5 Å². The smallest absolute Gasteiger partial charge is 0.0641 e. The van der Waals surface area contributed by atoms with Gasteiger partial charge in [0.15, 0.2) is 0 Å². The highest BCUT2D eigenvalue weighted by molar-refractivity contribution is 5.01. The maximum Gasteiger partial charge on any atom is 0.0641 e. The average Bonchev–Trinajstić information content (AvgIpc) is 2.11. The molecule has 17 heavy (non-hydrogen) atoms. The first-order valence-corrected chi connectivity index (χ1v) is 7.31. The number of ether oxygens (including phenoxy) is 1. The standard InChI is InChI=1S/C15H27NO/c1-14(2,16)9-17-10-15-6-11-3-12(7-15)5-13(4-11)8-15/h11-13H,3-10,16H2,1-2H3. The molecule has 0 radical (unpaired) electrons. The molecule has 0 aromatic carbocycles. The van der Waals surface area contributed by atoms with Gasteiger partial charge in [-0.15, -0.1) is 0 Å². The predicted molar refractivity (Wildman–Crippen MR) is 69.7 cm³/mol. The van der Waals surface area contributed by atoms with Gasteiger partial charge in [0.1, 0.15) is 0 Å². The van der Waals surface area contributed by atoms with Crippen molar-refractivity contribution in [3.05, 3.63) is 0 Å². The van der Waals surface area contributed by atoms with Crippen LogP contribution in [0.3, 0.4) is 0 Å². The Morgan fingerprint density at radius 3 is 1.94 bits per heavy atom. The van der Waals surface area contributed by atoms with Crippen LogP contribution >= 0.6 is 0 Å². The molecule has 0 amide bonds. The molecule has 4 rings (SSSR count). The van der Waals surface area contributed by atoms with Crippen LogP contribution < -0.4 is 5.73 Å². The Hall–Kier alpha value is -0.0800. The van der Waals surface area contributed by atoms with Crippen molar-refractivity contribution in [2.75, 3.05) is 13.2 Å². The first-order chi connectivity index (χ1) is 7.94. The zero-order chi connectivity index (χ0) is 12.1. The van der Waals surface area contributed by atoms with E-state index >= 15 is 0 Å². The van der Waals surface area contributed by atoms with E-state index in [1.165, 1.54) is 38.5 Å². The fourth-order valence-electron chi connectivity index (χ4n) is 5.00. The lowest BCUT2D eigenvalue weighted by Gasteiger charge is -2.56. The molecule has 0 saturated heterocycles. The minimum absolute atomic E-state index is 0.178. The molecule has 0 spiro atoms. The van der Waals surface area contributed by atoms with E-state index in [1.54, 1.807) is 0 Å². The largest absolute Gasteiger partial charge is 0.379 e. The molecule has 0 aliphatic heterocycles. The van der Waals surface area contributed by atoms with Crippen molar-refractivity contribution in [3.8, 4) is 0 Å². The lowest BCUT2D eigenvalue weighted by molar-refractivity contribution is -0.100. The van der Waals surface area contributed by atoms with Gasteiger partial charge in [0.2, 0.25) is 0 Å². The van der Waals surface area contributed by atoms with E-state index in [0.717, 1.165) is 24.4 Å². The maximum atomic E-state index is 5.99. The van der Waals surface area contributed by atoms with E-state index in [9.17, 15) is 0 Å². The van der Waals surface area contributed by atoms with Gasteiger partial charge in [-0.3, -0.25) is 0 Å². The molecule has 4 aliphatic carbocycles. The molecule has 0 heterocycles. The number of nitrogens with two attached hydrogens (primary N) is 1. The summed E-state index contributed by atoms with van der Waals surface area (Å²) in [6, 6.07) is 0. The maximum absolute atomic E-state index is 5.99. The van der Waals surface area contributed by atoms with Gasteiger partial charge in [-0.1, -0.05) is 0 Å². The van der Waals surface area contributed by atoms with Gasteiger partial charge in [0.05, 0.1) is 13.2 Å². The predicted octanol–water partition coefficient (Wildman–Crippen LogP) is 2.96. The van der Waals surface area contributed by atoms with Crippen molar-refractivity contribution in [2.45, 2.75) is 57.9 Å². The molecule has 2 heteroatoms. The Labute approximate surface area is 105 Å². The molecule has 0 aromatic heterocycles. The molecule has 2 nitrogen and oxygen atoms in total. The normalized spacial score (nSPS) is 44.3. The van der Waals surface area contributed by atoms with E-state index in [0.29, 0.717) is 12.0 Å². The van der Waals surface area contributed by atoms with Crippen LogP contribution in [0.15, 0.2) is 0 Å². The highest BCUT2D eigenvalue weighted by Gasteiger charge is 2.50. The van der Waals surface area contributed by atoms with E-state index in [4.69, 9.17) is 10.5 Å². The third kappa shape index (κ3) is 2.53. The number of rotatable bonds is 4. The summed E-state index contributed by atoms with van der Waals surface area (Å²) in [5.74, 6) is 3.07. The molecule has 4 saturated carbocycles. The molecular formula is C15H27NO. The number of hydrogen-bond acceptors (Lipinski definition) is 2. The van der Waals surface area contributed by atoms with Crippen LogP contribution in [0.5, 0.6) is 0 Å². The van der Waals surface area contributed by atoms with Gasteiger partial charge in [0.25, 0.3) is 0 Å². The summed E-state index contributed by atoms with van der Waals surface area (Å²) in [6.07, 6.45) is 8.85. The van der Waals surface area contributed by atoms with Crippen molar-refractivity contribution in [3.63, 3.8) is 0 Å². The molecule has 98 valence electrons. The van der Waals surface area contributed by atoms with Crippen molar-refractivity contribution >= 4 is 0 Å². The van der Waals surface area contributed by atoms with Crippen LogP contribution in [0, 0.1) is 23.2 Å². The molecule has 4 aliphatic rings. The molecule has 0 aromatic rings. The fourth-order valence-corrected chi connectivity index (χ4v) is 5.00. The Morgan fingerprint density at radius 2 is 1.53 bits per heavy atom. The quantitative estimate of drug-likeness (QED) is 0.816. The molecule has 2 N–H and O–H groups in total. The fraction of sp³-hybridized carbons (Fsp3) is 1.00. The van der Waals surface area contributed by atoms with Crippen molar-refractivity contribution in [1.29, 1.82) is 0 Å². The minimum atomic E-state index is -0.178. The first-order valence-electron chi connectivity index (χ1n) is 7.31. The van der Waals surface area contributed by atoms with Crippen LogP contribution in [0.25, 0.3) is 0 Å². The third-order valence-electron chi connectivity index (χ3n) is 5.05. The van der Waals surface area contributed by atoms with Gasteiger partial charge in [-0.2, -0.15) is 0 Å². The summed E-state index contributed by atoms with van der Waals surface area (Å²) in [6.45, 7) is 5.77. The summed E-state index contributed by atoms with van der Waals surface area (Å²) in [4.78, 5) is 0. The molecule has 0 unspecified atom stereocenters. The van der Waals surface area contributed by atoms with Gasteiger partial charge in [-0.05, 0) is 75.5 Å². The van der Waals surface area contributed by atoms with E-state index < -0.39 is 0 Å². The Morgan fingerprint density at radius 1 is 1.06 bits per heavy atom. The van der Waals surface area contributed by atoms with Crippen molar-refractivity contribution in [1.82, 2.24) is 0 Å². The van der Waals surface area contributed by atoms with Crippen molar-refractivity contribution < 1.29 is 4.74 Å². The topological polar surface area (TPSA) is 35.2 Å². The Kier molecular flexibility index (Phi) is 2.79. The van der Waals surface area contributed by atoms with E-state index in [1.807, 2.05) is 13.8 Å². The Balaban J connectivity index is 1.59. The molecular weight excluding hydrogens is 210 g/mol. The van der Waals surface area contributed by atoms with Gasteiger partial charge in [0, 0.05) is 5.54 Å². The van der Waals surface area contributed by atoms with Crippen LogP contribution in [-0.2, 0) is 4.74 Å². The zero-order valence-electron chi connectivity index (χ0n) is 11.4.